The van der Waals surface area contributed by atoms with Crippen molar-refractivity contribution in [3.63, 3.8) is 0 Å². The van der Waals surface area contributed by atoms with Crippen molar-refractivity contribution >= 4 is 5.91 Å². The Balaban J connectivity index is 1.54. The second-order valence-corrected chi connectivity index (χ2v) is 7.51. The third-order valence-corrected chi connectivity index (χ3v) is 5.32. The van der Waals surface area contributed by atoms with E-state index in [1.54, 1.807) is 6.26 Å². The molecule has 0 aliphatic heterocycles. The fraction of sp³-hybridized carbons (Fsp3) is 0.148. The summed E-state index contributed by atoms with van der Waals surface area (Å²) >= 11 is 0. The van der Waals surface area contributed by atoms with Crippen molar-refractivity contribution in [3.05, 3.63) is 132 Å². The predicted molar refractivity (Wildman–Crippen MR) is 122 cm³/mol. The maximum atomic E-state index is 13.2. The van der Waals surface area contributed by atoms with E-state index in [2.05, 4.69) is 10.6 Å². The van der Waals surface area contributed by atoms with Gasteiger partial charge in [-0.25, -0.2) is 0 Å². The topological polar surface area (TPSA) is 54.3 Å². The number of benzene rings is 3. The van der Waals surface area contributed by atoms with Gasteiger partial charge in [0.1, 0.15) is 5.76 Å². The zero-order chi connectivity index (χ0) is 21.5. The van der Waals surface area contributed by atoms with E-state index in [1.807, 2.05) is 110 Å². The summed E-state index contributed by atoms with van der Waals surface area (Å²) < 4.78 is 5.66. The average molecular weight is 411 g/mol. The zero-order valence-electron chi connectivity index (χ0n) is 17.4. The van der Waals surface area contributed by atoms with Gasteiger partial charge in [0.05, 0.1) is 24.4 Å². The van der Waals surface area contributed by atoms with E-state index >= 15 is 0 Å². The lowest BCUT2D eigenvalue weighted by molar-refractivity contribution is -0.123. The Bertz CT molecular complexity index is 1020. The first-order valence-corrected chi connectivity index (χ1v) is 10.5. The molecule has 4 aromatic rings. The minimum Gasteiger partial charge on any atom is -0.467 e. The molecule has 0 saturated carbocycles. The van der Waals surface area contributed by atoms with E-state index < -0.39 is 6.04 Å². The summed E-state index contributed by atoms with van der Waals surface area (Å²) in [7, 11) is 0. The number of furan rings is 1. The maximum Gasteiger partial charge on any atom is 0.237 e. The summed E-state index contributed by atoms with van der Waals surface area (Å²) in [5, 5.41) is 6.66. The van der Waals surface area contributed by atoms with Crippen molar-refractivity contribution < 1.29 is 9.21 Å². The quantitative estimate of drug-likeness (QED) is 0.417. The summed E-state index contributed by atoms with van der Waals surface area (Å²) in [6.45, 7) is 1.88. The molecule has 4 heteroatoms. The van der Waals surface area contributed by atoms with Gasteiger partial charge in [0.15, 0.2) is 0 Å². The number of carbonyl (C=O) groups is 1. The van der Waals surface area contributed by atoms with Crippen LogP contribution in [0, 0.1) is 0 Å². The molecule has 2 atom stereocenters. The standard InChI is InChI=1S/C27H26N2O2/c1-20(28-26(24-18-11-19-31-24)23-16-9-4-10-17-23)27(30)29-25(21-12-5-2-6-13-21)22-14-7-3-8-15-22/h2-20,25-26,28H,1H3,(H,29,30)/t20-,26-/m0/s1. The van der Waals surface area contributed by atoms with E-state index in [0.717, 1.165) is 22.5 Å². The molecule has 4 rings (SSSR count). The second kappa shape index (κ2) is 9.92. The van der Waals surface area contributed by atoms with E-state index in [4.69, 9.17) is 4.42 Å². The van der Waals surface area contributed by atoms with Crippen LogP contribution < -0.4 is 10.6 Å². The number of rotatable bonds is 8. The lowest BCUT2D eigenvalue weighted by atomic mass is 9.98. The van der Waals surface area contributed by atoms with Gasteiger partial charge in [-0.1, -0.05) is 91.0 Å². The number of carbonyl (C=O) groups excluding carboxylic acids is 1. The largest absolute Gasteiger partial charge is 0.467 e. The van der Waals surface area contributed by atoms with Gasteiger partial charge in [-0.3, -0.25) is 10.1 Å². The molecule has 31 heavy (non-hydrogen) atoms. The zero-order valence-corrected chi connectivity index (χ0v) is 17.4. The first-order chi connectivity index (χ1) is 15.2. The minimum atomic E-state index is -0.440. The molecule has 0 aliphatic carbocycles. The van der Waals surface area contributed by atoms with Crippen molar-refractivity contribution in [2.24, 2.45) is 0 Å². The summed E-state index contributed by atoms with van der Waals surface area (Å²) in [5.41, 5.74) is 3.12. The fourth-order valence-corrected chi connectivity index (χ4v) is 3.69. The smallest absolute Gasteiger partial charge is 0.237 e. The van der Waals surface area contributed by atoms with Gasteiger partial charge in [0, 0.05) is 0 Å². The number of hydrogen-bond acceptors (Lipinski definition) is 3. The molecule has 1 heterocycles. The Morgan fingerprint density at radius 2 is 1.16 bits per heavy atom. The van der Waals surface area contributed by atoms with Crippen LogP contribution in [0.1, 0.15) is 41.5 Å². The van der Waals surface area contributed by atoms with Gasteiger partial charge < -0.3 is 9.73 Å². The van der Waals surface area contributed by atoms with Crippen molar-refractivity contribution in [3.8, 4) is 0 Å². The Kier molecular flexibility index (Phi) is 6.60. The van der Waals surface area contributed by atoms with Gasteiger partial charge in [-0.15, -0.1) is 0 Å². The van der Waals surface area contributed by atoms with Crippen LogP contribution in [-0.4, -0.2) is 11.9 Å². The molecular formula is C27H26N2O2. The molecule has 2 N–H and O–H groups in total. The molecule has 0 unspecified atom stereocenters. The molecule has 0 saturated heterocycles. The van der Waals surface area contributed by atoms with Crippen LogP contribution in [0.15, 0.2) is 114 Å². The lowest BCUT2D eigenvalue weighted by Crippen LogP contribution is -2.45. The Labute approximate surface area is 182 Å². The second-order valence-electron chi connectivity index (χ2n) is 7.51. The molecule has 4 nitrogen and oxygen atoms in total. The molecule has 0 bridgehead atoms. The monoisotopic (exact) mass is 410 g/mol. The summed E-state index contributed by atoms with van der Waals surface area (Å²) in [6.07, 6.45) is 1.65. The van der Waals surface area contributed by atoms with Crippen molar-refractivity contribution in [2.75, 3.05) is 0 Å². The highest BCUT2D eigenvalue weighted by Crippen LogP contribution is 2.24. The van der Waals surface area contributed by atoms with Gasteiger partial charge in [0.2, 0.25) is 5.91 Å². The SMILES string of the molecule is C[C@H](N[C@@H](c1ccccc1)c1ccco1)C(=O)NC(c1ccccc1)c1ccccc1. The van der Waals surface area contributed by atoms with Gasteiger partial charge in [0.25, 0.3) is 0 Å². The van der Waals surface area contributed by atoms with Crippen LogP contribution in [0.3, 0.4) is 0 Å². The molecule has 156 valence electrons. The highest BCUT2D eigenvalue weighted by molar-refractivity contribution is 5.82. The molecule has 0 radical (unpaired) electrons. The Hall–Kier alpha value is -3.63. The van der Waals surface area contributed by atoms with Crippen LogP contribution in [0.5, 0.6) is 0 Å². The van der Waals surface area contributed by atoms with Crippen molar-refractivity contribution in [2.45, 2.75) is 25.0 Å². The maximum absolute atomic E-state index is 13.2. The third-order valence-electron chi connectivity index (χ3n) is 5.32. The van der Waals surface area contributed by atoms with E-state index in [1.165, 1.54) is 0 Å². The normalized spacial score (nSPS) is 13.0. The Morgan fingerprint density at radius 1 is 0.677 bits per heavy atom. The highest BCUT2D eigenvalue weighted by atomic mass is 16.3. The fourth-order valence-electron chi connectivity index (χ4n) is 3.69. The number of nitrogens with one attached hydrogen (secondary N) is 2. The molecular weight excluding hydrogens is 384 g/mol. The van der Waals surface area contributed by atoms with E-state index in [-0.39, 0.29) is 18.0 Å². The van der Waals surface area contributed by atoms with Crippen LogP contribution >= 0.6 is 0 Å². The highest BCUT2D eigenvalue weighted by Gasteiger charge is 2.25. The van der Waals surface area contributed by atoms with Gasteiger partial charge >= 0.3 is 0 Å². The predicted octanol–water partition coefficient (Wildman–Crippen LogP) is 5.25. The number of hydrogen-bond donors (Lipinski definition) is 2. The summed E-state index contributed by atoms with van der Waals surface area (Å²) in [4.78, 5) is 13.2. The third kappa shape index (κ3) is 5.11. The van der Waals surface area contributed by atoms with Crippen molar-refractivity contribution in [1.29, 1.82) is 0 Å². The molecule has 1 amide bonds. The number of amides is 1. The van der Waals surface area contributed by atoms with E-state index in [9.17, 15) is 4.79 Å². The first-order valence-electron chi connectivity index (χ1n) is 10.5. The molecule has 3 aromatic carbocycles. The van der Waals surface area contributed by atoms with Gasteiger partial charge in [-0.05, 0) is 35.7 Å². The molecule has 0 spiro atoms. The van der Waals surface area contributed by atoms with Crippen molar-refractivity contribution in [1.82, 2.24) is 10.6 Å². The summed E-state index contributed by atoms with van der Waals surface area (Å²) in [5.74, 6) is 0.693. The first kappa shape index (κ1) is 20.6. The average Bonchev–Trinajstić information content (AvgIpc) is 3.37. The summed E-state index contributed by atoms with van der Waals surface area (Å²) in [6, 6.07) is 32.9. The van der Waals surface area contributed by atoms with Crippen LogP contribution in [0.25, 0.3) is 0 Å². The minimum absolute atomic E-state index is 0.0785. The lowest BCUT2D eigenvalue weighted by Gasteiger charge is -2.25. The van der Waals surface area contributed by atoms with E-state index in [0.29, 0.717) is 0 Å². The molecule has 0 aliphatic rings. The van der Waals surface area contributed by atoms with Gasteiger partial charge in [-0.2, -0.15) is 0 Å². The Morgan fingerprint density at radius 3 is 1.61 bits per heavy atom. The van der Waals surface area contributed by atoms with Crippen LogP contribution in [0.2, 0.25) is 0 Å². The molecule has 0 fully saturated rings. The van der Waals surface area contributed by atoms with Crippen LogP contribution in [0.4, 0.5) is 0 Å². The van der Waals surface area contributed by atoms with Crippen LogP contribution in [-0.2, 0) is 4.79 Å². The molecule has 1 aromatic heterocycles.